The minimum absolute atomic E-state index is 0.157. The molecule has 0 saturated carbocycles. The number of hydrogen-bond acceptors (Lipinski definition) is 5. The third kappa shape index (κ3) is 6.40. The summed E-state index contributed by atoms with van der Waals surface area (Å²) in [5.41, 5.74) is 1.75. The monoisotopic (exact) mass is 505 g/mol. The summed E-state index contributed by atoms with van der Waals surface area (Å²) in [5, 5.41) is 14.5. The maximum absolute atomic E-state index is 14.4. The van der Waals surface area contributed by atoms with Crippen LogP contribution >= 0.6 is 0 Å². The van der Waals surface area contributed by atoms with E-state index in [4.69, 9.17) is 4.74 Å². The number of likely N-dealkylation sites (tertiary alicyclic amines) is 1. The van der Waals surface area contributed by atoms with Crippen molar-refractivity contribution < 1.29 is 19.0 Å². The van der Waals surface area contributed by atoms with Crippen LogP contribution in [0, 0.1) is 5.82 Å². The van der Waals surface area contributed by atoms with Gasteiger partial charge in [-0.3, -0.25) is 4.79 Å². The van der Waals surface area contributed by atoms with Crippen molar-refractivity contribution in [1.29, 1.82) is 0 Å². The number of ether oxygens (including phenoxy) is 1. The van der Waals surface area contributed by atoms with E-state index in [1.807, 2.05) is 36.4 Å². The molecule has 0 radical (unpaired) electrons. The number of nitrogens with zero attached hydrogens (tertiary/aromatic N) is 2. The van der Waals surface area contributed by atoms with Gasteiger partial charge in [0.1, 0.15) is 11.6 Å². The lowest BCUT2D eigenvalue weighted by molar-refractivity contribution is 0.0800. The molecule has 2 fully saturated rings. The van der Waals surface area contributed by atoms with E-state index in [0.717, 1.165) is 87.0 Å². The maximum Gasteiger partial charge on any atom is 0.255 e. The van der Waals surface area contributed by atoms with Gasteiger partial charge in [0.15, 0.2) is 0 Å². The van der Waals surface area contributed by atoms with Crippen LogP contribution in [0.3, 0.4) is 0 Å². The molecule has 2 heterocycles. The summed E-state index contributed by atoms with van der Waals surface area (Å²) in [6.45, 7) is 5.19. The lowest BCUT2D eigenvalue weighted by Gasteiger charge is -2.29. The first-order valence-corrected chi connectivity index (χ1v) is 13.5. The topological polar surface area (TPSA) is 65.0 Å². The normalized spacial score (nSPS) is 17.2. The predicted molar refractivity (Wildman–Crippen MR) is 146 cm³/mol. The minimum Gasteiger partial charge on any atom is -0.493 e. The summed E-state index contributed by atoms with van der Waals surface area (Å²) in [4.78, 5) is 17.7. The Morgan fingerprint density at radius 1 is 0.973 bits per heavy atom. The van der Waals surface area contributed by atoms with Gasteiger partial charge in [0.05, 0.1) is 12.7 Å². The zero-order valence-corrected chi connectivity index (χ0v) is 21.3. The van der Waals surface area contributed by atoms with Crippen LogP contribution in [0.15, 0.2) is 54.6 Å². The Morgan fingerprint density at radius 2 is 1.73 bits per heavy atom. The average Bonchev–Trinajstić information content (AvgIpc) is 2.93. The van der Waals surface area contributed by atoms with Crippen LogP contribution in [0.25, 0.3) is 10.8 Å². The van der Waals surface area contributed by atoms with Crippen molar-refractivity contribution in [3.8, 4) is 5.75 Å². The van der Waals surface area contributed by atoms with E-state index in [2.05, 4.69) is 15.1 Å². The van der Waals surface area contributed by atoms with Gasteiger partial charge in [-0.2, -0.15) is 0 Å². The molecule has 3 aromatic carbocycles. The number of carbonyl (C=O) groups excluding carboxylic acids is 1. The fourth-order valence-electron chi connectivity index (χ4n) is 5.35. The van der Waals surface area contributed by atoms with Crippen molar-refractivity contribution in [3.05, 3.63) is 66.0 Å². The summed E-state index contributed by atoms with van der Waals surface area (Å²) < 4.78 is 20.6. The number of aliphatic hydroxyl groups is 1. The molecule has 0 spiro atoms. The van der Waals surface area contributed by atoms with Crippen LogP contribution in [0.1, 0.15) is 48.9 Å². The van der Waals surface area contributed by atoms with Gasteiger partial charge in [-0.1, -0.05) is 24.3 Å². The number of hydrogen-bond donors (Lipinski definition) is 2. The lowest BCUT2D eigenvalue weighted by Crippen LogP contribution is -2.36. The van der Waals surface area contributed by atoms with E-state index in [1.54, 1.807) is 6.07 Å². The van der Waals surface area contributed by atoms with E-state index in [9.17, 15) is 14.3 Å². The zero-order valence-electron chi connectivity index (χ0n) is 21.3. The molecule has 2 N–H and O–H groups in total. The van der Waals surface area contributed by atoms with E-state index < -0.39 is 5.82 Å². The third-order valence-electron chi connectivity index (χ3n) is 7.43. The SMILES string of the molecule is O=C(Nc1ccc(OCCCN2CCC(O)CC2)c2ccccc12)c1cc(F)cc(N2CCCCC2)c1. The molecule has 2 saturated heterocycles. The van der Waals surface area contributed by atoms with E-state index in [0.29, 0.717) is 17.9 Å². The highest BCUT2D eigenvalue weighted by molar-refractivity contribution is 6.10. The van der Waals surface area contributed by atoms with Crippen LogP contribution in [-0.4, -0.2) is 61.3 Å². The summed E-state index contributed by atoms with van der Waals surface area (Å²) in [7, 11) is 0. The highest BCUT2D eigenvalue weighted by Gasteiger charge is 2.18. The fourth-order valence-corrected chi connectivity index (χ4v) is 5.35. The first-order valence-electron chi connectivity index (χ1n) is 13.5. The van der Waals surface area contributed by atoms with Crippen molar-refractivity contribution >= 4 is 28.1 Å². The number of fused-ring (bicyclic) bond motifs is 1. The zero-order chi connectivity index (χ0) is 25.6. The van der Waals surface area contributed by atoms with Gasteiger partial charge in [0.2, 0.25) is 0 Å². The Hall–Kier alpha value is -3.16. The maximum atomic E-state index is 14.4. The van der Waals surface area contributed by atoms with E-state index in [-0.39, 0.29) is 12.0 Å². The number of carbonyl (C=O) groups is 1. The molecule has 7 heteroatoms. The van der Waals surface area contributed by atoms with Crippen molar-refractivity contribution in [2.24, 2.45) is 0 Å². The largest absolute Gasteiger partial charge is 0.493 e. The van der Waals surface area contributed by atoms with Gasteiger partial charge < -0.3 is 25.0 Å². The number of rotatable bonds is 8. The molecule has 0 bridgehead atoms. The molecular weight excluding hydrogens is 469 g/mol. The summed E-state index contributed by atoms with van der Waals surface area (Å²) in [6.07, 6.45) is 5.79. The number of piperidine rings is 2. The number of benzene rings is 3. The fraction of sp³-hybridized carbons (Fsp3) is 0.433. The molecule has 3 aromatic rings. The first kappa shape index (κ1) is 25.5. The quantitative estimate of drug-likeness (QED) is 0.399. The molecule has 0 aromatic heterocycles. The van der Waals surface area contributed by atoms with Gasteiger partial charge in [0, 0.05) is 60.4 Å². The number of nitrogens with one attached hydrogen (secondary N) is 1. The van der Waals surface area contributed by atoms with Crippen LogP contribution < -0.4 is 15.0 Å². The average molecular weight is 506 g/mol. The van der Waals surface area contributed by atoms with Crippen LogP contribution in [-0.2, 0) is 0 Å². The third-order valence-corrected chi connectivity index (χ3v) is 7.43. The molecule has 0 atom stereocenters. The van der Waals surface area contributed by atoms with Gasteiger partial charge in [-0.05, 0) is 68.9 Å². The molecule has 2 aliphatic heterocycles. The van der Waals surface area contributed by atoms with E-state index in [1.165, 1.54) is 18.6 Å². The number of amides is 1. The minimum atomic E-state index is -0.400. The Bertz CT molecular complexity index is 1220. The van der Waals surface area contributed by atoms with Crippen molar-refractivity contribution in [2.75, 3.05) is 49.5 Å². The Labute approximate surface area is 218 Å². The molecule has 37 heavy (non-hydrogen) atoms. The molecule has 1 amide bonds. The van der Waals surface area contributed by atoms with Crippen molar-refractivity contribution in [3.63, 3.8) is 0 Å². The van der Waals surface area contributed by atoms with Crippen molar-refractivity contribution in [1.82, 2.24) is 4.90 Å². The first-order chi connectivity index (χ1) is 18.1. The number of anilines is 2. The molecule has 6 nitrogen and oxygen atoms in total. The highest BCUT2D eigenvalue weighted by atomic mass is 19.1. The standard InChI is InChI=1S/C30H36FN3O3/c31-23-19-22(20-24(21-23)34-14-4-1-5-15-34)30(36)32-28-9-10-29(27-8-3-2-7-26(27)28)37-18-6-13-33-16-11-25(35)12-17-33/h2-3,7-10,19-21,25,35H,1,4-6,11-18H2,(H,32,36). The van der Waals surface area contributed by atoms with Gasteiger partial charge >= 0.3 is 0 Å². The van der Waals surface area contributed by atoms with Crippen LogP contribution in [0.5, 0.6) is 5.75 Å². The number of halogens is 1. The van der Waals surface area contributed by atoms with E-state index >= 15 is 0 Å². The molecule has 196 valence electrons. The van der Waals surface area contributed by atoms with Crippen molar-refractivity contribution in [2.45, 2.75) is 44.6 Å². The summed E-state index contributed by atoms with van der Waals surface area (Å²) in [5.74, 6) is 0.0478. The van der Waals surface area contributed by atoms with Gasteiger partial charge in [-0.15, -0.1) is 0 Å². The summed E-state index contributed by atoms with van der Waals surface area (Å²) in [6, 6.07) is 16.2. The second-order valence-corrected chi connectivity index (χ2v) is 10.1. The predicted octanol–water partition coefficient (Wildman–Crippen LogP) is 5.45. The lowest BCUT2D eigenvalue weighted by atomic mass is 10.1. The molecular formula is C30H36FN3O3. The molecule has 0 aliphatic carbocycles. The highest BCUT2D eigenvalue weighted by Crippen LogP contribution is 2.32. The second-order valence-electron chi connectivity index (χ2n) is 10.1. The molecule has 5 rings (SSSR count). The molecule has 0 unspecified atom stereocenters. The summed E-state index contributed by atoms with van der Waals surface area (Å²) >= 11 is 0. The number of aliphatic hydroxyl groups excluding tert-OH is 1. The Morgan fingerprint density at radius 3 is 2.51 bits per heavy atom. The van der Waals surface area contributed by atoms with Gasteiger partial charge in [0.25, 0.3) is 5.91 Å². The van der Waals surface area contributed by atoms with Crippen LogP contribution in [0.2, 0.25) is 0 Å². The second kappa shape index (κ2) is 11.9. The van der Waals surface area contributed by atoms with Crippen LogP contribution in [0.4, 0.5) is 15.8 Å². The molecule has 2 aliphatic rings. The Kier molecular flexibility index (Phi) is 8.21. The Balaban J connectivity index is 1.26. The smallest absolute Gasteiger partial charge is 0.255 e. The van der Waals surface area contributed by atoms with Gasteiger partial charge in [-0.25, -0.2) is 4.39 Å².